The maximum Gasteiger partial charge on any atom is 0.251 e. The number of pyridine rings is 1. The number of ether oxygens (including phenoxy) is 1. The van der Waals surface area contributed by atoms with E-state index in [4.69, 9.17) is 4.74 Å². The number of carbonyl (C=O) groups is 1. The normalized spacial score (nSPS) is 20.2. The molecular weight excluding hydrogens is 326 g/mol. The number of nitrogens with zero attached hydrogens (tertiary/aromatic N) is 2. The molecule has 0 radical (unpaired) electrons. The molecule has 1 aromatic carbocycles. The number of rotatable bonds is 3. The molecule has 2 aliphatic rings. The van der Waals surface area contributed by atoms with Crippen molar-refractivity contribution in [3.8, 4) is 0 Å². The molecule has 0 bridgehead atoms. The summed E-state index contributed by atoms with van der Waals surface area (Å²) in [5, 5.41) is 3.24. The molecule has 1 aliphatic heterocycles. The number of aryl methyl sites for hydroxylation is 1. The first-order valence-electron chi connectivity index (χ1n) is 9.46. The van der Waals surface area contributed by atoms with E-state index in [2.05, 4.69) is 39.5 Å². The van der Waals surface area contributed by atoms with Gasteiger partial charge in [0.1, 0.15) is 5.82 Å². The maximum atomic E-state index is 12.8. The Hall–Kier alpha value is -2.40. The molecule has 0 spiro atoms. The second-order valence-electron chi connectivity index (χ2n) is 7.04. The molecule has 26 heavy (non-hydrogen) atoms. The second kappa shape index (κ2) is 7.87. The number of nitrogens with one attached hydrogen (secondary N) is 1. The Morgan fingerprint density at radius 1 is 1.15 bits per heavy atom. The van der Waals surface area contributed by atoms with E-state index in [1.807, 2.05) is 6.07 Å². The van der Waals surface area contributed by atoms with Crippen molar-refractivity contribution in [1.82, 2.24) is 10.3 Å². The summed E-state index contributed by atoms with van der Waals surface area (Å²) in [7, 11) is 0. The summed E-state index contributed by atoms with van der Waals surface area (Å²) in [6.07, 6.45) is 5.85. The van der Waals surface area contributed by atoms with E-state index >= 15 is 0 Å². The summed E-state index contributed by atoms with van der Waals surface area (Å²) in [6, 6.07) is 12.4. The summed E-state index contributed by atoms with van der Waals surface area (Å²) in [5.41, 5.74) is 3.46. The van der Waals surface area contributed by atoms with Crippen molar-refractivity contribution < 1.29 is 9.53 Å². The van der Waals surface area contributed by atoms with Gasteiger partial charge >= 0.3 is 0 Å². The van der Waals surface area contributed by atoms with E-state index in [-0.39, 0.29) is 11.9 Å². The standard InChI is InChI=1S/C21H25N3O2/c25-21(18-8-9-22-20(15-18)24-10-12-26-13-11-24)23-19-7-3-6-16-4-1-2-5-17(16)14-19/h1-2,4-5,8-9,15,19H,3,6-7,10-14H2,(H,23,25). The minimum atomic E-state index is -0.00806. The van der Waals surface area contributed by atoms with E-state index in [0.29, 0.717) is 18.8 Å². The van der Waals surface area contributed by atoms with Gasteiger partial charge in [0, 0.05) is 30.9 Å². The molecule has 1 unspecified atom stereocenters. The lowest BCUT2D eigenvalue weighted by molar-refractivity contribution is 0.0935. The third-order valence-electron chi connectivity index (χ3n) is 5.26. The fraction of sp³-hybridized carbons (Fsp3) is 0.429. The van der Waals surface area contributed by atoms with Crippen LogP contribution in [0.25, 0.3) is 0 Å². The molecular formula is C21H25N3O2. The molecule has 136 valence electrons. The van der Waals surface area contributed by atoms with Gasteiger partial charge < -0.3 is 15.0 Å². The Morgan fingerprint density at radius 2 is 1.96 bits per heavy atom. The van der Waals surface area contributed by atoms with Gasteiger partial charge in [0.15, 0.2) is 0 Å². The van der Waals surface area contributed by atoms with E-state index in [0.717, 1.165) is 44.6 Å². The fourth-order valence-electron chi connectivity index (χ4n) is 3.82. The van der Waals surface area contributed by atoms with Gasteiger partial charge in [-0.15, -0.1) is 0 Å². The van der Waals surface area contributed by atoms with E-state index in [1.54, 1.807) is 12.3 Å². The monoisotopic (exact) mass is 351 g/mol. The van der Waals surface area contributed by atoms with Crippen molar-refractivity contribution in [3.05, 3.63) is 59.3 Å². The molecule has 1 amide bonds. The number of carbonyl (C=O) groups excluding carboxylic acids is 1. The molecule has 1 saturated heterocycles. The molecule has 1 N–H and O–H groups in total. The van der Waals surface area contributed by atoms with Crippen LogP contribution < -0.4 is 10.2 Å². The van der Waals surface area contributed by atoms with Crippen molar-refractivity contribution >= 4 is 11.7 Å². The number of anilines is 1. The van der Waals surface area contributed by atoms with Crippen LogP contribution >= 0.6 is 0 Å². The van der Waals surface area contributed by atoms with E-state index in [1.165, 1.54) is 11.1 Å². The summed E-state index contributed by atoms with van der Waals surface area (Å²) >= 11 is 0. The van der Waals surface area contributed by atoms with Crippen LogP contribution in [0.2, 0.25) is 0 Å². The van der Waals surface area contributed by atoms with Gasteiger partial charge in [-0.3, -0.25) is 4.79 Å². The summed E-state index contributed by atoms with van der Waals surface area (Å²) in [4.78, 5) is 19.4. The van der Waals surface area contributed by atoms with Crippen molar-refractivity contribution in [2.45, 2.75) is 31.7 Å². The molecule has 2 aromatic rings. The highest BCUT2D eigenvalue weighted by atomic mass is 16.5. The highest BCUT2D eigenvalue weighted by Gasteiger charge is 2.20. The first-order valence-corrected chi connectivity index (χ1v) is 9.46. The van der Waals surface area contributed by atoms with Gasteiger partial charge in [-0.25, -0.2) is 4.98 Å². The third kappa shape index (κ3) is 3.88. The Bertz CT molecular complexity index is 771. The molecule has 5 heteroatoms. The SMILES string of the molecule is O=C(NC1CCCc2ccccc2C1)c1ccnc(N2CCOCC2)c1. The van der Waals surface area contributed by atoms with Crippen molar-refractivity contribution in [2.75, 3.05) is 31.2 Å². The van der Waals surface area contributed by atoms with Gasteiger partial charge in [0.2, 0.25) is 0 Å². The summed E-state index contributed by atoms with van der Waals surface area (Å²) in [5.74, 6) is 0.846. The largest absolute Gasteiger partial charge is 0.378 e. The summed E-state index contributed by atoms with van der Waals surface area (Å²) < 4.78 is 5.39. The molecule has 1 aliphatic carbocycles. The molecule has 1 aromatic heterocycles. The Morgan fingerprint density at radius 3 is 2.81 bits per heavy atom. The Kier molecular flexibility index (Phi) is 5.16. The fourth-order valence-corrected chi connectivity index (χ4v) is 3.82. The average molecular weight is 351 g/mol. The van der Waals surface area contributed by atoms with Crippen LogP contribution in [0.3, 0.4) is 0 Å². The van der Waals surface area contributed by atoms with Gasteiger partial charge in [0.05, 0.1) is 13.2 Å². The van der Waals surface area contributed by atoms with Crippen molar-refractivity contribution in [1.29, 1.82) is 0 Å². The molecule has 4 rings (SSSR count). The lowest BCUT2D eigenvalue weighted by Crippen LogP contribution is -2.38. The number of hydrogen-bond acceptors (Lipinski definition) is 4. The highest BCUT2D eigenvalue weighted by molar-refractivity contribution is 5.95. The first-order chi connectivity index (χ1) is 12.8. The molecule has 1 fully saturated rings. The Labute approximate surface area is 154 Å². The van der Waals surface area contributed by atoms with Gasteiger partial charge in [-0.05, 0) is 48.9 Å². The molecule has 0 saturated carbocycles. The van der Waals surface area contributed by atoms with Gasteiger partial charge in [0.25, 0.3) is 5.91 Å². The quantitative estimate of drug-likeness (QED) is 0.864. The number of hydrogen-bond donors (Lipinski definition) is 1. The zero-order valence-electron chi connectivity index (χ0n) is 15.0. The minimum absolute atomic E-state index is 0.00806. The van der Waals surface area contributed by atoms with Crippen LogP contribution in [0.15, 0.2) is 42.6 Å². The van der Waals surface area contributed by atoms with Crippen LogP contribution in [0.1, 0.15) is 34.3 Å². The molecule has 1 atom stereocenters. The van der Waals surface area contributed by atoms with E-state index in [9.17, 15) is 4.79 Å². The highest BCUT2D eigenvalue weighted by Crippen LogP contribution is 2.21. The molecule has 2 heterocycles. The first kappa shape index (κ1) is 17.0. The second-order valence-corrected chi connectivity index (χ2v) is 7.04. The number of aromatic nitrogens is 1. The van der Waals surface area contributed by atoms with Crippen LogP contribution in [-0.2, 0) is 17.6 Å². The molecule has 5 nitrogen and oxygen atoms in total. The van der Waals surface area contributed by atoms with Crippen LogP contribution in [0, 0.1) is 0 Å². The predicted octanol–water partition coefficient (Wildman–Crippen LogP) is 2.60. The maximum absolute atomic E-state index is 12.8. The number of morpholine rings is 1. The zero-order chi connectivity index (χ0) is 17.8. The smallest absolute Gasteiger partial charge is 0.251 e. The number of benzene rings is 1. The van der Waals surface area contributed by atoms with Crippen molar-refractivity contribution in [2.24, 2.45) is 0 Å². The Balaban J connectivity index is 1.45. The van der Waals surface area contributed by atoms with Crippen molar-refractivity contribution in [3.63, 3.8) is 0 Å². The van der Waals surface area contributed by atoms with Gasteiger partial charge in [-0.1, -0.05) is 24.3 Å². The lowest BCUT2D eigenvalue weighted by atomic mass is 10.0. The topological polar surface area (TPSA) is 54.5 Å². The van der Waals surface area contributed by atoms with Gasteiger partial charge in [-0.2, -0.15) is 0 Å². The van der Waals surface area contributed by atoms with Crippen LogP contribution in [0.5, 0.6) is 0 Å². The van der Waals surface area contributed by atoms with Crippen LogP contribution in [-0.4, -0.2) is 43.2 Å². The minimum Gasteiger partial charge on any atom is -0.378 e. The zero-order valence-corrected chi connectivity index (χ0v) is 15.0. The third-order valence-corrected chi connectivity index (χ3v) is 5.26. The van der Waals surface area contributed by atoms with E-state index < -0.39 is 0 Å². The average Bonchev–Trinajstić information content (AvgIpc) is 2.90. The predicted molar refractivity (Wildman–Crippen MR) is 102 cm³/mol. The number of fused-ring (bicyclic) bond motifs is 1. The lowest BCUT2D eigenvalue weighted by Gasteiger charge is -2.28. The van der Waals surface area contributed by atoms with Crippen LogP contribution in [0.4, 0.5) is 5.82 Å². The number of amides is 1. The summed E-state index contributed by atoms with van der Waals surface area (Å²) in [6.45, 7) is 3.05.